The second-order valence-electron chi connectivity index (χ2n) is 4.69. The van der Waals surface area contributed by atoms with Gasteiger partial charge in [0.15, 0.2) is 5.78 Å². The molecule has 2 aromatic carbocycles. The number of Topliss-reactive ketones (excluding diaryl/α,β-unsaturated/α-hetero) is 1. The zero-order valence-corrected chi connectivity index (χ0v) is 11.1. The van der Waals surface area contributed by atoms with Gasteiger partial charge in [0.05, 0.1) is 7.11 Å². The summed E-state index contributed by atoms with van der Waals surface area (Å²) < 4.78 is 31.9. The second-order valence-corrected chi connectivity index (χ2v) is 4.69. The molecule has 0 spiro atoms. The number of carbonyl (C=O) groups is 1. The molecule has 1 aliphatic carbocycles. The Bertz CT molecular complexity index is 777. The maximum Gasteiger partial charge on any atom is 0.180 e. The molecule has 0 N–H and O–H groups in total. The second kappa shape index (κ2) is 4.84. The topological polar surface area (TPSA) is 26.3 Å². The lowest BCUT2D eigenvalue weighted by Crippen LogP contribution is -1.98. The highest BCUT2D eigenvalue weighted by molar-refractivity contribution is 6.47. The monoisotopic (exact) mass is 282 g/mol. The predicted molar refractivity (Wildman–Crippen MR) is 75.5 cm³/mol. The standard InChI is InChI=1S/C16H9BF2O2/c1-21-11-2-3-12-13(7-11)14(15(17)16(12)20)8-4-9(18)6-10(19)5-8/h2-7H,1H3. The van der Waals surface area contributed by atoms with Crippen molar-refractivity contribution in [3.8, 4) is 5.75 Å². The average Bonchev–Trinajstić information content (AvgIpc) is 2.69. The Morgan fingerprint density at radius 3 is 2.29 bits per heavy atom. The Kier molecular flexibility index (Phi) is 3.13. The summed E-state index contributed by atoms with van der Waals surface area (Å²) in [6.45, 7) is 0. The van der Waals surface area contributed by atoms with Gasteiger partial charge in [-0.05, 0) is 52.5 Å². The van der Waals surface area contributed by atoms with Crippen LogP contribution in [0.3, 0.4) is 0 Å². The molecule has 21 heavy (non-hydrogen) atoms. The fraction of sp³-hybridized carbons (Fsp3) is 0.0625. The maximum absolute atomic E-state index is 13.4. The number of rotatable bonds is 2. The van der Waals surface area contributed by atoms with Gasteiger partial charge < -0.3 is 4.74 Å². The highest BCUT2D eigenvalue weighted by Crippen LogP contribution is 2.38. The molecule has 5 heteroatoms. The largest absolute Gasteiger partial charge is 0.497 e. The molecule has 0 heterocycles. The summed E-state index contributed by atoms with van der Waals surface area (Å²) >= 11 is 0. The number of halogens is 2. The lowest BCUT2D eigenvalue weighted by molar-refractivity contribution is 0.104. The van der Waals surface area contributed by atoms with Crippen LogP contribution in [0, 0.1) is 11.6 Å². The quantitative estimate of drug-likeness (QED) is 0.791. The van der Waals surface area contributed by atoms with Crippen molar-refractivity contribution in [1.82, 2.24) is 0 Å². The third kappa shape index (κ3) is 2.15. The van der Waals surface area contributed by atoms with E-state index in [-0.39, 0.29) is 16.8 Å². The van der Waals surface area contributed by atoms with E-state index in [1.54, 1.807) is 18.2 Å². The van der Waals surface area contributed by atoms with Crippen LogP contribution in [-0.4, -0.2) is 20.7 Å². The van der Waals surface area contributed by atoms with E-state index in [1.807, 2.05) is 0 Å². The molecule has 0 amide bonds. The Hall–Kier alpha value is -2.43. The van der Waals surface area contributed by atoms with E-state index in [9.17, 15) is 13.6 Å². The fourth-order valence-electron chi connectivity index (χ4n) is 2.47. The number of ketones is 1. The number of hydrogen-bond donors (Lipinski definition) is 0. The van der Waals surface area contributed by atoms with Gasteiger partial charge in [0.2, 0.25) is 0 Å². The number of methoxy groups -OCH3 is 1. The molecule has 1 aliphatic rings. The average molecular weight is 282 g/mol. The summed E-state index contributed by atoms with van der Waals surface area (Å²) in [6, 6.07) is 7.92. The van der Waals surface area contributed by atoms with Crippen LogP contribution in [0.4, 0.5) is 8.78 Å². The van der Waals surface area contributed by atoms with E-state index in [0.717, 1.165) is 18.2 Å². The van der Waals surface area contributed by atoms with Crippen LogP contribution in [0.25, 0.3) is 5.57 Å². The van der Waals surface area contributed by atoms with Gasteiger partial charge in [-0.3, -0.25) is 4.79 Å². The normalized spacial score (nSPS) is 13.6. The minimum Gasteiger partial charge on any atom is -0.497 e. The molecule has 0 atom stereocenters. The smallest absolute Gasteiger partial charge is 0.180 e. The lowest BCUT2D eigenvalue weighted by atomic mass is 9.87. The van der Waals surface area contributed by atoms with Crippen molar-refractivity contribution in [3.05, 3.63) is 70.2 Å². The van der Waals surface area contributed by atoms with Gasteiger partial charge in [-0.25, -0.2) is 8.78 Å². The number of benzene rings is 2. The van der Waals surface area contributed by atoms with Gasteiger partial charge in [0, 0.05) is 11.6 Å². The van der Waals surface area contributed by atoms with Crippen molar-refractivity contribution in [2.45, 2.75) is 0 Å². The summed E-state index contributed by atoms with van der Waals surface area (Å²) in [5.74, 6) is -1.28. The van der Waals surface area contributed by atoms with Gasteiger partial charge in [-0.1, -0.05) is 0 Å². The zero-order valence-electron chi connectivity index (χ0n) is 11.1. The highest BCUT2D eigenvalue weighted by Gasteiger charge is 2.28. The predicted octanol–water partition coefficient (Wildman–Crippen LogP) is 3.10. The van der Waals surface area contributed by atoms with Gasteiger partial charge in [0.1, 0.15) is 25.2 Å². The minimum absolute atomic E-state index is 0.0248. The molecule has 0 saturated heterocycles. The molecule has 102 valence electrons. The van der Waals surface area contributed by atoms with Crippen LogP contribution < -0.4 is 4.74 Å². The number of ether oxygens (including phenoxy) is 1. The van der Waals surface area contributed by atoms with E-state index < -0.39 is 11.6 Å². The molecule has 0 bridgehead atoms. The lowest BCUT2D eigenvalue weighted by Gasteiger charge is -2.09. The number of fused-ring (bicyclic) bond motifs is 1. The first-order valence-corrected chi connectivity index (χ1v) is 6.20. The van der Waals surface area contributed by atoms with Gasteiger partial charge in [0.25, 0.3) is 0 Å². The van der Waals surface area contributed by atoms with E-state index in [2.05, 4.69) is 0 Å². The van der Waals surface area contributed by atoms with Crippen LogP contribution in [0.1, 0.15) is 21.5 Å². The van der Waals surface area contributed by atoms with Crippen molar-refractivity contribution in [2.24, 2.45) is 0 Å². The molecule has 0 aromatic heterocycles. The molecule has 0 unspecified atom stereocenters. The summed E-state index contributed by atoms with van der Waals surface area (Å²) in [7, 11) is 7.33. The number of allylic oxidation sites excluding steroid dienone is 1. The summed E-state index contributed by atoms with van der Waals surface area (Å²) in [6.07, 6.45) is 0. The van der Waals surface area contributed by atoms with E-state index >= 15 is 0 Å². The summed E-state index contributed by atoms with van der Waals surface area (Å²) in [5, 5.41) is 0. The molecular weight excluding hydrogens is 273 g/mol. The molecule has 2 nitrogen and oxygen atoms in total. The van der Waals surface area contributed by atoms with Crippen LogP contribution in [0.15, 0.2) is 41.9 Å². The summed E-state index contributed by atoms with van der Waals surface area (Å²) in [4.78, 5) is 12.1. The zero-order chi connectivity index (χ0) is 15.1. The van der Waals surface area contributed by atoms with Crippen LogP contribution in [0.5, 0.6) is 5.75 Å². The molecule has 0 saturated carbocycles. The number of hydrogen-bond acceptors (Lipinski definition) is 2. The van der Waals surface area contributed by atoms with E-state index in [1.165, 1.54) is 7.11 Å². The van der Waals surface area contributed by atoms with E-state index in [4.69, 9.17) is 12.6 Å². The molecular formula is C16H9BF2O2. The SMILES string of the molecule is [B]C1=C(c2cc(F)cc(F)c2)c2cc(OC)ccc2C1=O. The van der Waals surface area contributed by atoms with Crippen LogP contribution in [-0.2, 0) is 0 Å². The highest BCUT2D eigenvalue weighted by atomic mass is 19.1. The molecule has 0 aliphatic heterocycles. The van der Waals surface area contributed by atoms with Gasteiger partial charge in [-0.2, -0.15) is 0 Å². The Labute approximate surface area is 121 Å². The molecule has 2 radical (unpaired) electrons. The third-order valence-electron chi connectivity index (χ3n) is 3.41. The van der Waals surface area contributed by atoms with Crippen LogP contribution in [0.2, 0.25) is 0 Å². The molecule has 0 fully saturated rings. The van der Waals surface area contributed by atoms with Crippen molar-refractivity contribution in [2.75, 3.05) is 7.11 Å². The van der Waals surface area contributed by atoms with Crippen molar-refractivity contribution in [3.63, 3.8) is 0 Å². The first-order chi connectivity index (χ1) is 10.0. The Balaban J connectivity index is 2.26. The third-order valence-corrected chi connectivity index (χ3v) is 3.41. The first-order valence-electron chi connectivity index (χ1n) is 6.20. The van der Waals surface area contributed by atoms with Crippen molar-refractivity contribution in [1.29, 1.82) is 0 Å². The maximum atomic E-state index is 13.4. The Morgan fingerprint density at radius 1 is 1.00 bits per heavy atom. The molecule has 2 aromatic rings. The van der Waals surface area contributed by atoms with Gasteiger partial charge >= 0.3 is 0 Å². The molecule has 3 rings (SSSR count). The minimum atomic E-state index is -0.728. The number of carbonyl (C=O) groups excluding carboxylic acids is 1. The first kappa shape index (κ1) is 13.6. The summed E-state index contributed by atoms with van der Waals surface area (Å²) in [5.41, 5.74) is 1.44. The van der Waals surface area contributed by atoms with E-state index in [0.29, 0.717) is 22.4 Å². The Morgan fingerprint density at radius 2 is 1.67 bits per heavy atom. The van der Waals surface area contributed by atoms with Gasteiger partial charge in [-0.15, -0.1) is 0 Å². The van der Waals surface area contributed by atoms with Crippen molar-refractivity contribution < 1.29 is 18.3 Å². The van der Waals surface area contributed by atoms with Crippen molar-refractivity contribution >= 4 is 19.2 Å². The van der Waals surface area contributed by atoms with Crippen LogP contribution >= 0.6 is 0 Å². The fourth-order valence-corrected chi connectivity index (χ4v) is 2.47.